The second kappa shape index (κ2) is 11.0. The smallest absolute Gasteiger partial charge is 0.338 e. The molecule has 0 fully saturated rings. The Kier molecular flexibility index (Phi) is 7.33. The minimum atomic E-state index is -0.728. The first-order valence-electron chi connectivity index (χ1n) is 12.1. The number of aromatic hydroxyl groups is 1. The molecule has 8 nitrogen and oxygen atoms in total. The third kappa shape index (κ3) is 5.21. The number of methoxy groups -OCH3 is 2. The van der Waals surface area contributed by atoms with E-state index in [0.29, 0.717) is 44.3 Å². The molecule has 1 unspecified atom stereocenters. The number of benzene rings is 3. The van der Waals surface area contributed by atoms with Gasteiger partial charge in [-0.1, -0.05) is 59.9 Å². The fourth-order valence-corrected chi connectivity index (χ4v) is 5.48. The summed E-state index contributed by atoms with van der Waals surface area (Å²) in [5.41, 5.74) is 2.92. The lowest BCUT2D eigenvalue weighted by Crippen LogP contribution is -2.39. The van der Waals surface area contributed by atoms with Gasteiger partial charge in [-0.15, -0.1) is 0 Å². The first-order valence-corrected chi connectivity index (χ1v) is 13.0. The van der Waals surface area contributed by atoms with Crippen molar-refractivity contribution < 1.29 is 24.1 Å². The molecule has 0 radical (unpaired) electrons. The average molecular weight is 543 g/mol. The number of hydrogen-bond acceptors (Lipinski definition) is 8. The molecule has 4 aromatic rings. The molecule has 0 aliphatic carbocycles. The quantitative estimate of drug-likeness (QED) is 0.358. The Morgan fingerprint density at radius 1 is 1.08 bits per heavy atom. The number of thiazole rings is 1. The van der Waals surface area contributed by atoms with Crippen molar-refractivity contribution in [2.24, 2.45) is 4.99 Å². The lowest BCUT2D eigenvalue weighted by Gasteiger charge is -2.24. The molecule has 1 atom stereocenters. The molecule has 0 spiro atoms. The van der Waals surface area contributed by atoms with Gasteiger partial charge in [-0.3, -0.25) is 9.36 Å². The maximum absolute atomic E-state index is 13.7. The van der Waals surface area contributed by atoms with Gasteiger partial charge >= 0.3 is 5.97 Å². The van der Waals surface area contributed by atoms with Crippen molar-refractivity contribution in [1.82, 2.24) is 4.57 Å². The fourth-order valence-electron chi connectivity index (χ4n) is 4.43. The van der Waals surface area contributed by atoms with E-state index in [2.05, 4.69) is 4.99 Å². The Morgan fingerprint density at radius 2 is 1.82 bits per heavy atom. The predicted molar refractivity (Wildman–Crippen MR) is 148 cm³/mol. The van der Waals surface area contributed by atoms with E-state index in [1.165, 1.54) is 36.2 Å². The summed E-state index contributed by atoms with van der Waals surface area (Å²) < 4.78 is 18.1. The van der Waals surface area contributed by atoms with Gasteiger partial charge < -0.3 is 19.3 Å². The molecule has 2 heterocycles. The molecule has 1 N–H and O–H groups in total. The van der Waals surface area contributed by atoms with Crippen LogP contribution in [0.4, 0.5) is 0 Å². The van der Waals surface area contributed by atoms with Crippen molar-refractivity contribution in [3.8, 4) is 17.2 Å². The van der Waals surface area contributed by atoms with Crippen LogP contribution in [-0.4, -0.2) is 29.9 Å². The average Bonchev–Trinajstić information content (AvgIpc) is 3.26. The van der Waals surface area contributed by atoms with Gasteiger partial charge in [0.05, 0.1) is 36.1 Å². The van der Waals surface area contributed by atoms with E-state index in [0.717, 1.165) is 11.1 Å². The van der Waals surface area contributed by atoms with Gasteiger partial charge in [0.2, 0.25) is 0 Å². The van der Waals surface area contributed by atoms with Crippen molar-refractivity contribution in [1.29, 1.82) is 0 Å². The molecule has 0 amide bonds. The number of phenolic OH excluding ortho intramolecular Hbond substituents is 1. The number of nitrogens with zero attached hydrogens (tertiary/aromatic N) is 2. The van der Waals surface area contributed by atoms with Crippen molar-refractivity contribution in [3.63, 3.8) is 0 Å². The van der Waals surface area contributed by atoms with Crippen molar-refractivity contribution in [3.05, 3.63) is 120 Å². The number of aromatic nitrogens is 1. The Balaban J connectivity index is 1.56. The number of carbonyl (C=O) groups excluding carboxylic acids is 1. The zero-order valence-electron chi connectivity index (χ0n) is 21.6. The second-order valence-corrected chi connectivity index (χ2v) is 9.86. The lowest BCUT2D eigenvalue weighted by atomic mass is 9.96. The maximum atomic E-state index is 13.7. The van der Waals surface area contributed by atoms with E-state index in [-0.39, 0.29) is 11.3 Å². The van der Waals surface area contributed by atoms with Crippen LogP contribution >= 0.6 is 11.3 Å². The SMILES string of the molecule is COC(=O)C1=C(C)N=c2s/c(=C\c3ccc(O)c(OC)c3)c(=O)n2C1c1ccc(OCc2ccccc2)cc1. The highest BCUT2D eigenvalue weighted by Crippen LogP contribution is 2.32. The van der Waals surface area contributed by atoms with Crippen LogP contribution in [0.15, 0.2) is 93.9 Å². The van der Waals surface area contributed by atoms with Crippen LogP contribution in [0.3, 0.4) is 0 Å². The van der Waals surface area contributed by atoms with Gasteiger partial charge in [0.15, 0.2) is 16.3 Å². The largest absolute Gasteiger partial charge is 0.504 e. The maximum Gasteiger partial charge on any atom is 0.338 e. The van der Waals surface area contributed by atoms with Crippen LogP contribution in [0, 0.1) is 0 Å². The Bertz CT molecular complexity index is 1740. The molecule has 5 rings (SSSR count). The number of ether oxygens (including phenoxy) is 3. The number of phenols is 1. The van der Waals surface area contributed by atoms with Gasteiger partial charge in [0.25, 0.3) is 5.56 Å². The summed E-state index contributed by atoms with van der Waals surface area (Å²) in [6.07, 6.45) is 1.71. The van der Waals surface area contributed by atoms with Gasteiger partial charge in [-0.05, 0) is 54.0 Å². The Hall–Kier alpha value is -4.63. The molecular formula is C30H26N2O6S. The summed E-state index contributed by atoms with van der Waals surface area (Å²) in [5.74, 6) is 0.415. The van der Waals surface area contributed by atoms with Gasteiger partial charge in [0.1, 0.15) is 12.4 Å². The number of esters is 1. The fraction of sp³-hybridized carbons (Fsp3) is 0.167. The van der Waals surface area contributed by atoms with E-state index in [9.17, 15) is 14.7 Å². The van der Waals surface area contributed by atoms with Gasteiger partial charge in [0, 0.05) is 0 Å². The Labute approximate surface area is 228 Å². The summed E-state index contributed by atoms with van der Waals surface area (Å²) in [6, 6.07) is 21.3. The van der Waals surface area contributed by atoms with Crippen LogP contribution in [-0.2, 0) is 16.1 Å². The molecule has 1 aromatic heterocycles. The first kappa shape index (κ1) is 26.0. The van der Waals surface area contributed by atoms with E-state index in [4.69, 9.17) is 14.2 Å². The number of allylic oxidation sites excluding steroid dienone is 1. The molecule has 0 bridgehead atoms. The van der Waals surface area contributed by atoms with E-state index in [1.807, 2.05) is 54.6 Å². The molecule has 39 heavy (non-hydrogen) atoms. The van der Waals surface area contributed by atoms with Crippen molar-refractivity contribution >= 4 is 23.4 Å². The summed E-state index contributed by atoms with van der Waals surface area (Å²) in [5, 5.41) is 9.92. The van der Waals surface area contributed by atoms with E-state index >= 15 is 0 Å². The summed E-state index contributed by atoms with van der Waals surface area (Å²) in [4.78, 5) is 31.6. The minimum absolute atomic E-state index is 0.00523. The van der Waals surface area contributed by atoms with Crippen molar-refractivity contribution in [2.75, 3.05) is 14.2 Å². The Morgan fingerprint density at radius 3 is 2.51 bits per heavy atom. The van der Waals surface area contributed by atoms with Crippen LogP contribution in [0.25, 0.3) is 6.08 Å². The summed E-state index contributed by atoms with van der Waals surface area (Å²) in [6.45, 7) is 2.16. The van der Waals surface area contributed by atoms with Crippen LogP contribution < -0.4 is 24.4 Å². The summed E-state index contributed by atoms with van der Waals surface area (Å²) in [7, 11) is 2.77. The highest BCUT2D eigenvalue weighted by molar-refractivity contribution is 7.07. The second-order valence-electron chi connectivity index (χ2n) is 8.85. The number of carbonyl (C=O) groups is 1. The van der Waals surface area contributed by atoms with Crippen LogP contribution in [0.2, 0.25) is 0 Å². The molecule has 0 saturated carbocycles. The van der Waals surface area contributed by atoms with E-state index in [1.54, 1.807) is 25.1 Å². The molecule has 0 saturated heterocycles. The number of fused-ring (bicyclic) bond motifs is 1. The predicted octanol–water partition coefficient (Wildman–Crippen LogP) is 3.70. The minimum Gasteiger partial charge on any atom is -0.504 e. The van der Waals surface area contributed by atoms with Crippen LogP contribution in [0.1, 0.15) is 29.7 Å². The van der Waals surface area contributed by atoms with Gasteiger partial charge in [-0.25, -0.2) is 9.79 Å². The zero-order chi connectivity index (χ0) is 27.5. The number of rotatable bonds is 7. The highest BCUT2D eigenvalue weighted by atomic mass is 32.1. The first-order chi connectivity index (χ1) is 18.9. The molecule has 9 heteroatoms. The van der Waals surface area contributed by atoms with Gasteiger partial charge in [-0.2, -0.15) is 0 Å². The van der Waals surface area contributed by atoms with Crippen LogP contribution in [0.5, 0.6) is 17.2 Å². The third-order valence-electron chi connectivity index (χ3n) is 6.37. The molecule has 1 aliphatic heterocycles. The topological polar surface area (TPSA) is 99.4 Å². The molecule has 3 aromatic carbocycles. The normalized spacial score (nSPS) is 14.9. The lowest BCUT2D eigenvalue weighted by molar-refractivity contribution is -0.136. The zero-order valence-corrected chi connectivity index (χ0v) is 22.4. The van der Waals surface area contributed by atoms with Crippen molar-refractivity contribution in [2.45, 2.75) is 19.6 Å². The molecule has 1 aliphatic rings. The molecule has 198 valence electrons. The highest BCUT2D eigenvalue weighted by Gasteiger charge is 2.33. The standard InChI is InChI=1S/C30H26N2O6S/c1-18-26(29(35)37-3)27(21-10-12-22(13-11-21)38-17-19-7-5-4-6-8-19)32-28(34)25(39-30(32)31-18)16-20-9-14-23(33)24(15-20)36-2/h4-16,27,33H,17H2,1-3H3/b25-16-. The monoisotopic (exact) mass is 542 g/mol. The third-order valence-corrected chi connectivity index (χ3v) is 7.36. The summed E-state index contributed by atoms with van der Waals surface area (Å²) >= 11 is 1.22. The molecular weight excluding hydrogens is 516 g/mol. The number of hydrogen-bond donors (Lipinski definition) is 1. The van der Waals surface area contributed by atoms with E-state index < -0.39 is 12.0 Å².